The van der Waals surface area contributed by atoms with Crippen LogP contribution in [0.4, 0.5) is 22.2 Å². The molecule has 1 aliphatic heterocycles. The van der Waals surface area contributed by atoms with Crippen LogP contribution in [0.25, 0.3) is 22.1 Å². The molecule has 1 atom stereocenters. The summed E-state index contributed by atoms with van der Waals surface area (Å²) in [6.07, 6.45) is 1.75. The van der Waals surface area contributed by atoms with Crippen LogP contribution < -0.4 is 16.0 Å². The number of carbonyl (C=O) groups excluding carboxylic acids is 1. The molecule has 3 aromatic heterocycles. The second kappa shape index (κ2) is 7.06. The number of benzene rings is 1. The lowest BCUT2D eigenvalue weighted by Gasteiger charge is -2.40. The first-order valence-corrected chi connectivity index (χ1v) is 10.2. The first-order chi connectivity index (χ1) is 14.5. The van der Waals surface area contributed by atoms with E-state index in [4.69, 9.17) is 5.73 Å². The number of aromatic nitrogens is 6. The number of amides is 2. The Morgan fingerprint density at radius 3 is 2.90 bits per heavy atom. The lowest BCUT2D eigenvalue weighted by atomic mass is 10.2. The van der Waals surface area contributed by atoms with Gasteiger partial charge in [-0.15, -0.1) is 0 Å². The molecule has 1 aromatic carbocycles. The van der Waals surface area contributed by atoms with Gasteiger partial charge in [-0.05, 0) is 25.1 Å². The summed E-state index contributed by atoms with van der Waals surface area (Å²) in [6, 6.07) is 5.43. The molecule has 0 saturated carbocycles. The smallest absolute Gasteiger partial charge is 0.321 e. The molecular formula is C18H20N10OS. The molecule has 5 rings (SSSR count). The van der Waals surface area contributed by atoms with Gasteiger partial charge in [0.2, 0.25) is 5.95 Å². The summed E-state index contributed by atoms with van der Waals surface area (Å²) in [7, 11) is 1.82. The minimum atomic E-state index is -0.141. The summed E-state index contributed by atoms with van der Waals surface area (Å²) in [4.78, 5) is 25.5. The Hall–Kier alpha value is -3.54. The Kier molecular flexibility index (Phi) is 4.35. The second-order valence-electron chi connectivity index (χ2n) is 7.30. The Morgan fingerprint density at radius 2 is 2.07 bits per heavy atom. The van der Waals surface area contributed by atoms with Crippen molar-refractivity contribution in [3.8, 4) is 0 Å². The van der Waals surface area contributed by atoms with Crippen molar-refractivity contribution in [2.75, 3.05) is 35.6 Å². The van der Waals surface area contributed by atoms with E-state index >= 15 is 0 Å². The number of nitrogens with zero attached hydrogens (tertiary/aromatic N) is 8. The van der Waals surface area contributed by atoms with Gasteiger partial charge in [0.25, 0.3) is 0 Å². The number of carbonyl (C=O) groups is 1. The van der Waals surface area contributed by atoms with Crippen molar-refractivity contribution in [2.45, 2.75) is 13.0 Å². The van der Waals surface area contributed by atoms with Gasteiger partial charge in [-0.2, -0.15) is 23.8 Å². The third-order valence-corrected chi connectivity index (χ3v) is 5.84. The van der Waals surface area contributed by atoms with Crippen LogP contribution in [-0.4, -0.2) is 65.1 Å². The topological polar surface area (TPSA) is 131 Å². The molecule has 0 spiro atoms. The van der Waals surface area contributed by atoms with Gasteiger partial charge < -0.3 is 20.9 Å². The molecule has 0 radical (unpaired) electrons. The minimum Gasteiger partial charge on any atom is -0.368 e. The maximum atomic E-state index is 12.8. The van der Waals surface area contributed by atoms with E-state index in [9.17, 15) is 4.79 Å². The Balaban J connectivity index is 1.32. The average Bonchev–Trinajstić information content (AvgIpc) is 3.34. The third kappa shape index (κ3) is 3.14. The summed E-state index contributed by atoms with van der Waals surface area (Å²) in [5.41, 5.74) is 8.92. The predicted molar refractivity (Wildman–Crippen MR) is 116 cm³/mol. The molecule has 3 N–H and O–H groups in total. The SMILES string of the molecule is C[C@H]1CN(C(=O)Nc2ccc3nsnc3c2)CCN1c1nc(N)nc2c1cnn2C. The zero-order chi connectivity index (χ0) is 20.8. The van der Waals surface area contributed by atoms with Gasteiger partial charge in [0.1, 0.15) is 16.9 Å². The van der Waals surface area contributed by atoms with Crippen molar-refractivity contribution >= 4 is 57.3 Å². The van der Waals surface area contributed by atoms with Gasteiger partial charge in [-0.25, -0.2) is 4.79 Å². The van der Waals surface area contributed by atoms with Gasteiger partial charge in [-0.3, -0.25) is 4.68 Å². The van der Waals surface area contributed by atoms with Crippen LogP contribution in [0, 0.1) is 0 Å². The number of rotatable bonds is 2. The number of aryl methyl sites for hydroxylation is 1. The number of urea groups is 1. The molecule has 0 bridgehead atoms. The molecule has 4 aromatic rings. The van der Waals surface area contributed by atoms with E-state index in [1.54, 1.807) is 15.8 Å². The normalized spacial score (nSPS) is 17.1. The molecule has 4 heterocycles. The maximum Gasteiger partial charge on any atom is 0.321 e. The average molecular weight is 424 g/mol. The minimum absolute atomic E-state index is 0.0485. The van der Waals surface area contributed by atoms with Crippen LogP contribution in [0.15, 0.2) is 24.4 Å². The number of nitrogens with one attached hydrogen (secondary N) is 1. The largest absolute Gasteiger partial charge is 0.368 e. The highest BCUT2D eigenvalue weighted by Gasteiger charge is 2.29. The Bertz CT molecular complexity index is 1250. The van der Waals surface area contributed by atoms with Gasteiger partial charge in [-0.1, -0.05) is 0 Å². The Morgan fingerprint density at radius 1 is 1.23 bits per heavy atom. The van der Waals surface area contributed by atoms with Gasteiger partial charge in [0.05, 0.1) is 23.3 Å². The number of hydrogen-bond acceptors (Lipinski definition) is 9. The van der Waals surface area contributed by atoms with Crippen molar-refractivity contribution in [3.63, 3.8) is 0 Å². The summed E-state index contributed by atoms with van der Waals surface area (Å²) < 4.78 is 10.1. The summed E-state index contributed by atoms with van der Waals surface area (Å²) in [6.45, 7) is 3.80. The Labute approximate surface area is 175 Å². The zero-order valence-electron chi connectivity index (χ0n) is 16.5. The number of piperazine rings is 1. The highest BCUT2D eigenvalue weighted by molar-refractivity contribution is 7.00. The molecule has 0 unspecified atom stereocenters. The first-order valence-electron chi connectivity index (χ1n) is 9.50. The molecule has 2 amide bonds. The van der Waals surface area contributed by atoms with Crippen molar-refractivity contribution in [1.29, 1.82) is 0 Å². The van der Waals surface area contributed by atoms with Gasteiger partial charge in [0.15, 0.2) is 5.65 Å². The van der Waals surface area contributed by atoms with E-state index in [0.717, 1.165) is 34.0 Å². The molecule has 11 nitrogen and oxygen atoms in total. The van der Waals surface area contributed by atoms with E-state index in [-0.39, 0.29) is 18.0 Å². The lowest BCUT2D eigenvalue weighted by molar-refractivity contribution is 0.200. The molecule has 12 heteroatoms. The second-order valence-corrected chi connectivity index (χ2v) is 7.83. The summed E-state index contributed by atoms with van der Waals surface area (Å²) >= 11 is 1.16. The van der Waals surface area contributed by atoms with Crippen LogP contribution in [0.3, 0.4) is 0 Å². The van der Waals surface area contributed by atoms with Crippen LogP contribution in [0.2, 0.25) is 0 Å². The lowest BCUT2D eigenvalue weighted by Crippen LogP contribution is -2.55. The number of nitrogen functional groups attached to an aromatic ring is 1. The van der Waals surface area contributed by atoms with E-state index < -0.39 is 0 Å². The molecular weight excluding hydrogens is 404 g/mol. The summed E-state index contributed by atoms with van der Waals surface area (Å²) in [5, 5.41) is 8.08. The van der Waals surface area contributed by atoms with Gasteiger partial charge in [0, 0.05) is 38.4 Å². The molecule has 1 fully saturated rings. The van der Waals surface area contributed by atoms with E-state index in [2.05, 4.69) is 41.0 Å². The summed E-state index contributed by atoms with van der Waals surface area (Å²) in [5.74, 6) is 0.958. The number of anilines is 3. The van der Waals surface area contributed by atoms with Crippen molar-refractivity contribution < 1.29 is 4.79 Å². The van der Waals surface area contributed by atoms with Crippen LogP contribution in [-0.2, 0) is 7.05 Å². The highest BCUT2D eigenvalue weighted by Crippen LogP contribution is 2.27. The van der Waals surface area contributed by atoms with Gasteiger partial charge >= 0.3 is 6.03 Å². The van der Waals surface area contributed by atoms with E-state index in [1.165, 1.54) is 0 Å². The fourth-order valence-electron chi connectivity index (χ4n) is 3.76. The first kappa shape index (κ1) is 18.5. The monoisotopic (exact) mass is 424 g/mol. The third-order valence-electron chi connectivity index (χ3n) is 5.28. The van der Waals surface area contributed by atoms with Crippen molar-refractivity contribution in [3.05, 3.63) is 24.4 Å². The fourth-order valence-corrected chi connectivity index (χ4v) is 4.28. The number of fused-ring (bicyclic) bond motifs is 2. The number of hydrogen-bond donors (Lipinski definition) is 2. The van der Waals surface area contributed by atoms with E-state index in [1.807, 2.05) is 25.2 Å². The quantitative estimate of drug-likeness (QED) is 0.497. The van der Waals surface area contributed by atoms with E-state index in [0.29, 0.717) is 31.0 Å². The molecule has 0 aliphatic carbocycles. The zero-order valence-corrected chi connectivity index (χ0v) is 17.3. The predicted octanol–water partition coefficient (Wildman–Crippen LogP) is 1.69. The fraction of sp³-hybridized carbons (Fsp3) is 0.333. The molecule has 1 saturated heterocycles. The highest BCUT2D eigenvalue weighted by atomic mass is 32.1. The van der Waals surface area contributed by atoms with Crippen LogP contribution in [0.5, 0.6) is 0 Å². The van der Waals surface area contributed by atoms with Crippen LogP contribution in [0.1, 0.15) is 6.92 Å². The van der Waals surface area contributed by atoms with Crippen molar-refractivity contribution in [2.24, 2.45) is 7.05 Å². The number of nitrogens with two attached hydrogens (primary N) is 1. The van der Waals surface area contributed by atoms with Crippen molar-refractivity contribution in [1.82, 2.24) is 33.4 Å². The van der Waals surface area contributed by atoms with Crippen LogP contribution >= 0.6 is 11.7 Å². The molecule has 1 aliphatic rings. The molecule has 30 heavy (non-hydrogen) atoms. The molecule has 154 valence electrons. The standard InChI is InChI=1S/C18H20N10OS/c1-10-9-27(18(29)21-11-3-4-13-14(7-11)25-30-24-13)5-6-28(10)16-12-8-20-26(2)15(12)22-17(19)23-16/h3-4,7-8,10H,5-6,9H2,1-2H3,(H,21,29)(H2,19,22,23)/t10-/m0/s1. The maximum absolute atomic E-state index is 12.8.